The van der Waals surface area contributed by atoms with Crippen molar-refractivity contribution in [1.29, 1.82) is 5.26 Å². The zero-order valence-corrected chi connectivity index (χ0v) is 18.2. The van der Waals surface area contributed by atoms with Crippen LogP contribution in [0, 0.1) is 17.2 Å². The number of fused-ring (bicyclic) bond motifs is 1. The highest BCUT2D eigenvalue weighted by atomic mass is 32.2. The average molecular weight is 436 g/mol. The third-order valence-corrected chi connectivity index (χ3v) is 7.60. The number of nitrogens with zero attached hydrogens (tertiary/aromatic N) is 2. The summed E-state index contributed by atoms with van der Waals surface area (Å²) in [6.45, 7) is 4.33. The van der Waals surface area contributed by atoms with Gasteiger partial charge in [0.15, 0.2) is 4.34 Å². The minimum atomic E-state index is -0.304. The molecule has 0 spiro atoms. The van der Waals surface area contributed by atoms with Crippen LogP contribution in [0.25, 0.3) is 0 Å². The van der Waals surface area contributed by atoms with Gasteiger partial charge >= 0.3 is 5.97 Å². The Bertz CT molecular complexity index is 913. The fourth-order valence-corrected chi connectivity index (χ4v) is 6.06. The fourth-order valence-electron chi connectivity index (χ4n) is 3.04. The van der Waals surface area contributed by atoms with E-state index < -0.39 is 0 Å². The molecule has 3 rings (SSSR count). The first kappa shape index (κ1) is 20.8. The minimum Gasteiger partial charge on any atom is -0.466 e. The topological polar surface area (TPSA) is 92.1 Å². The van der Waals surface area contributed by atoms with E-state index in [-0.39, 0.29) is 24.1 Å². The summed E-state index contributed by atoms with van der Waals surface area (Å²) in [6, 6.07) is 2.26. The summed E-state index contributed by atoms with van der Waals surface area (Å²) >= 11 is 4.25. The Morgan fingerprint density at radius 1 is 1.50 bits per heavy atom. The Hall–Kier alpha value is -1.89. The molecule has 0 radical (unpaired) electrons. The molecular formula is C19H21N3O3S3. The number of carbonyl (C=O) groups excluding carboxylic acids is 2. The average Bonchev–Trinajstić information content (AvgIpc) is 3.23. The van der Waals surface area contributed by atoms with Crippen LogP contribution in [-0.4, -0.2) is 29.2 Å². The molecule has 1 unspecified atom stereocenters. The second kappa shape index (κ2) is 9.54. The van der Waals surface area contributed by atoms with Gasteiger partial charge in [-0.15, -0.1) is 22.7 Å². The smallest absolute Gasteiger partial charge is 0.311 e. The molecule has 6 nitrogen and oxygen atoms in total. The molecule has 1 N–H and O–H groups in total. The van der Waals surface area contributed by atoms with Crippen molar-refractivity contribution >= 4 is 51.3 Å². The molecule has 2 heterocycles. The minimum absolute atomic E-state index is 0.141. The lowest BCUT2D eigenvalue weighted by atomic mass is 9.89. The van der Waals surface area contributed by atoms with Gasteiger partial charge in [0.25, 0.3) is 0 Å². The van der Waals surface area contributed by atoms with Gasteiger partial charge in [0.1, 0.15) is 11.1 Å². The normalized spacial score (nSPS) is 15.5. The Morgan fingerprint density at radius 2 is 2.32 bits per heavy atom. The van der Waals surface area contributed by atoms with E-state index in [1.54, 1.807) is 12.3 Å². The summed E-state index contributed by atoms with van der Waals surface area (Å²) in [4.78, 5) is 29.5. The van der Waals surface area contributed by atoms with Crippen LogP contribution in [0.4, 0.5) is 5.00 Å². The second-order valence-electron chi connectivity index (χ2n) is 6.59. The van der Waals surface area contributed by atoms with E-state index in [9.17, 15) is 14.9 Å². The number of nitrogens with one attached hydrogen (secondary N) is 1. The highest BCUT2D eigenvalue weighted by molar-refractivity contribution is 8.01. The van der Waals surface area contributed by atoms with E-state index in [0.29, 0.717) is 28.8 Å². The number of hydrogen-bond acceptors (Lipinski definition) is 8. The second-order valence-corrected chi connectivity index (χ2v) is 9.78. The van der Waals surface area contributed by atoms with Crippen molar-refractivity contribution in [3.63, 3.8) is 0 Å². The number of esters is 1. The van der Waals surface area contributed by atoms with E-state index in [2.05, 4.69) is 23.3 Å². The van der Waals surface area contributed by atoms with Crippen LogP contribution in [0.1, 0.15) is 42.0 Å². The number of ether oxygens (including phenoxy) is 1. The lowest BCUT2D eigenvalue weighted by Crippen LogP contribution is -2.14. The van der Waals surface area contributed by atoms with Crippen LogP contribution in [0.3, 0.4) is 0 Å². The van der Waals surface area contributed by atoms with Gasteiger partial charge in [-0.3, -0.25) is 9.59 Å². The maximum atomic E-state index is 12.4. The number of rotatable bonds is 7. The predicted molar refractivity (Wildman–Crippen MR) is 112 cm³/mol. The molecule has 0 bridgehead atoms. The molecule has 0 fully saturated rings. The molecule has 0 saturated heterocycles. The van der Waals surface area contributed by atoms with Crippen LogP contribution in [0.2, 0.25) is 0 Å². The third kappa shape index (κ3) is 5.13. The molecule has 28 heavy (non-hydrogen) atoms. The zero-order valence-electron chi connectivity index (χ0n) is 15.7. The standard InChI is InChI=1S/C19H21N3O3S3/c1-3-25-17(24)7-12-9-26-19(21-12)27-10-16(23)22-18-14(8-20)13-5-4-11(2)6-15(13)28-18/h9,11H,3-7,10H2,1-2H3,(H,22,23). The molecule has 1 amide bonds. The van der Waals surface area contributed by atoms with Gasteiger partial charge in [0.05, 0.1) is 30.0 Å². The molecule has 1 aliphatic carbocycles. The quantitative estimate of drug-likeness (QED) is 0.521. The molecule has 9 heteroatoms. The fraction of sp³-hybridized carbons (Fsp3) is 0.474. The van der Waals surface area contributed by atoms with Crippen LogP contribution in [-0.2, 0) is 33.6 Å². The Morgan fingerprint density at radius 3 is 3.07 bits per heavy atom. The highest BCUT2D eigenvalue weighted by Crippen LogP contribution is 2.39. The van der Waals surface area contributed by atoms with Crippen LogP contribution in [0.5, 0.6) is 0 Å². The molecule has 0 aromatic carbocycles. The summed E-state index contributed by atoms with van der Waals surface area (Å²) in [5, 5.41) is 14.9. The number of thiophene rings is 1. The monoisotopic (exact) mass is 435 g/mol. The summed E-state index contributed by atoms with van der Waals surface area (Å²) in [5.41, 5.74) is 2.38. The van der Waals surface area contributed by atoms with Crippen LogP contribution < -0.4 is 5.32 Å². The molecule has 2 aromatic heterocycles. The van der Waals surface area contributed by atoms with Gasteiger partial charge in [-0.25, -0.2) is 4.98 Å². The lowest BCUT2D eigenvalue weighted by molar-refractivity contribution is -0.142. The number of thiazole rings is 1. The van der Waals surface area contributed by atoms with E-state index >= 15 is 0 Å². The summed E-state index contributed by atoms with van der Waals surface area (Å²) in [5.74, 6) is 0.360. The molecule has 2 aromatic rings. The molecule has 1 atom stereocenters. The van der Waals surface area contributed by atoms with Gasteiger partial charge in [0, 0.05) is 10.3 Å². The predicted octanol–water partition coefficient (Wildman–Crippen LogP) is 4.04. The van der Waals surface area contributed by atoms with Gasteiger partial charge in [-0.05, 0) is 37.7 Å². The Labute approximate surface area is 176 Å². The highest BCUT2D eigenvalue weighted by Gasteiger charge is 2.24. The van der Waals surface area contributed by atoms with E-state index in [4.69, 9.17) is 4.74 Å². The van der Waals surface area contributed by atoms with Crippen molar-refractivity contribution < 1.29 is 14.3 Å². The molecule has 148 valence electrons. The van der Waals surface area contributed by atoms with Crippen molar-refractivity contribution in [2.45, 2.75) is 43.9 Å². The Kier molecular flexibility index (Phi) is 7.10. The maximum absolute atomic E-state index is 12.4. The molecule has 1 aliphatic rings. The van der Waals surface area contributed by atoms with Crippen molar-refractivity contribution in [2.24, 2.45) is 5.92 Å². The van der Waals surface area contributed by atoms with Crippen molar-refractivity contribution in [3.05, 3.63) is 27.1 Å². The summed E-state index contributed by atoms with van der Waals surface area (Å²) in [7, 11) is 0. The molecule has 0 aliphatic heterocycles. The number of hydrogen-bond donors (Lipinski definition) is 1. The third-order valence-electron chi connectivity index (χ3n) is 4.36. The molecule has 0 saturated carbocycles. The number of nitriles is 1. The van der Waals surface area contributed by atoms with Gasteiger partial charge in [0.2, 0.25) is 5.91 Å². The van der Waals surface area contributed by atoms with Gasteiger partial charge in [-0.1, -0.05) is 18.7 Å². The van der Waals surface area contributed by atoms with E-state index in [0.717, 1.165) is 29.2 Å². The molecular weight excluding hydrogens is 414 g/mol. The number of carbonyl (C=O) groups is 2. The first-order valence-corrected chi connectivity index (χ1v) is 11.8. The Balaban J connectivity index is 1.56. The van der Waals surface area contributed by atoms with Crippen molar-refractivity contribution in [2.75, 3.05) is 17.7 Å². The van der Waals surface area contributed by atoms with Crippen LogP contribution in [0.15, 0.2) is 9.72 Å². The summed E-state index contributed by atoms with van der Waals surface area (Å²) in [6.07, 6.45) is 3.10. The van der Waals surface area contributed by atoms with Gasteiger partial charge < -0.3 is 10.1 Å². The van der Waals surface area contributed by atoms with Crippen molar-refractivity contribution in [1.82, 2.24) is 4.98 Å². The maximum Gasteiger partial charge on any atom is 0.311 e. The van der Waals surface area contributed by atoms with Crippen molar-refractivity contribution in [3.8, 4) is 6.07 Å². The summed E-state index contributed by atoms with van der Waals surface area (Å²) < 4.78 is 5.64. The van der Waals surface area contributed by atoms with E-state index in [1.165, 1.54) is 39.3 Å². The van der Waals surface area contributed by atoms with Gasteiger partial charge in [-0.2, -0.15) is 5.26 Å². The zero-order chi connectivity index (χ0) is 20.1. The number of anilines is 1. The first-order valence-electron chi connectivity index (χ1n) is 9.07. The van der Waals surface area contributed by atoms with Crippen LogP contribution >= 0.6 is 34.4 Å². The number of aromatic nitrogens is 1. The first-order chi connectivity index (χ1) is 13.5. The number of amides is 1. The SMILES string of the molecule is CCOC(=O)Cc1csc(SCC(=O)Nc2sc3c(c2C#N)CCC(C)C3)n1. The largest absolute Gasteiger partial charge is 0.466 e. The number of thioether (sulfide) groups is 1. The van der Waals surface area contributed by atoms with E-state index in [1.807, 2.05) is 0 Å². The lowest BCUT2D eigenvalue weighted by Gasteiger charge is -2.17.